The van der Waals surface area contributed by atoms with Gasteiger partial charge in [-0.25, -0.2) is 8.78 Å². The zero-order chi connectivity index (χ0) is 19.0. The third-order valence-electron chi connectivity index (χ3n) is 5.98. The number of halogens is 2. The number of aromatic hydroxyl groups is 1. The molecule has 2 fully saturated rings. The Balaban J connectivity index is 1.31. The molecule has 1 aliphatic carbocycles. The Morgan fingerprint density at radius 2 is 1.63 bits per heavy atom. The molecule has 1 N–H and O–H groups in total. The maximum Gasteiger partial charge on any atom is 0.191 e. The van der Waals surface area contributed by atoms with Crippen molar-refractivity contribution in [1.82, 2.24) is 4.90 Å². The minimum Gasteiger partial charge on any atom is -0.508 e. The number of rotatable bonds is 5. The summed E-state index contributed by atoms with van der Waals surface area (Å²) in [6, 6.07) is 11.2. The third kappa shape index (κ3) is 3.93. The quantitative estimate of drug-likeness (QED) is 0.834. The third-order valence-corrected chi connectivity index (χ3v) is 5.98. The first-order valence-electron chi connectivity index (χ1n) is 9.61. The van der Waals surface area contributed by atoms with Crippen LogP contribution in [-0.4, -0.2) is 35.7 Å². The van der Waals surface area contributed by atoms with Crippen LogP contribution in [0.2, 0.25) is 0 Å². The normalized spacial score (nSPS) is 26.1. The second-order valence-corrected chi connectivity index (χ2v) is 7.99. The first kappa shape index (κ1) is 18.2. The fourth-order valence-electron chi connectivity index (χ4n) is 4.64. The first-order valence-corrected chi connectivity index (χ1v) is 9.61. The molecule has 4 atom stereocenters. The van der Waals surface area contributed by atoms with E-state index in [1.54, 1.807) is 12.1 Å². The summed E-state index contributed by atoms with van der Waals surface area (Å²) in [4.78, 5) is 2.48. The van der Waals surface area contributed by atoms with Crippen LogP contribution in [0.5, 0.6) is 11.5 Å². The van der Waals surface area contributed by atoms with Crippen molar-refractivity contribution in [3.63, 3.8) is 0 Å². The van der Waals surface area contributed by atoms with Gasteiger partial charge in [-0.3, -0.25) is 0 Å². The summed E-state index contributed by atoms with van der Waals surface area (Å²) in [5.41, 5.74) is 1.22. The van der Waals surface area contributed by atoms with E-state index in [9.17, 15) is 13.9 Å². The van der Waals surface area contributed by atoms with Crippen LogP contribution in [0.25, 0.3) is 0 Å². The summed E-state index contributed by atoms with van der Waals surface area (Å²) >= 11 is 0. The van der Waals surface area contributed by atoms with E-state index in [-0.39, 0.29) is 11.9 Å². The smallest absolute Gasteiger partial charge is 0.191 e. The highest BCUT2D eigenvalue weighted by molar-refractivity contribution is 5.28. The van der Waals surface area contributed by atoms with Crippen LogP contribution in [-0.2, 0) is 0 Å². The van der Waals surface area contributed by atoms with E-state index < -0.39 is 11.6 Å². The van der Waals surface area contributed by atoms with Crippen LogP contribution in [0.1, 0.15) is 31.2 Å². The van der Waals surface area contributed by atoms with Gasteiger partial charge in [-0.15, -0.1) is 0 Å². The van der Waals surface area contributed by atoms with Crippen LogP contribution in [0.3, 0.4) is 0 Å². The molecule has 0 radical (unpaired) electrons. The van der Waals surface area contributed by atoms with E-state index in [1.807, 2.05) is 12.1 Å². The summed E-state index contributed by atoms with van der Waals surface area (Å²) in [6.07, 6.45) is 1.59. The summed E-state index contributed by atoms with van der Waals surface area (Å²) in [6.45, 7) is 5.19. The summed E-state index contributed by atoms with van der Waals surface area (Å²) in [5.74, 6) is 0.241. The van der Waals surface area contributed by atoms with E-state index in [0.717, 1.165) is 32.5 Å². The van der Waals surface area contributed by atoms with Crippen LogP contribution in [0, 0.1) is 23.5 Å². The maximum atomic E-state index is 13.8. The van der Waals surface area contributed by atoms with Crippen molar-refractivity contribution in [2.75, 3.05) is 19.6 Å². The standard InChI is InChI=1S/C22H25F2NO2/c1-14(15-5-7-18(26)8-6-15)11-25-12-16-9-19(10-17(16)13-25)27-22-20(23)3-2-4-21(22)24/h2-8,14,16-17,19,26H,9-13H2,1H3/t14?,16-,17+,19+. The molecule has 1 saturated heterocycles. The topological polar surface area (TPSA) is 32.7 Å². The Kier molecular flexibility index (Phi) is 5.04. The van der Waals surface area contributed by atoms with Gasteiger partial charge in [-0.2, -0.15) is 0 Å². The Labute approximate surface area is 158 Å². The van der Waals surface area contributed by atoms with Gasteiger partial charge in [0.1, 0.15) is 5.75 Å². The molecule has 2 aromatic rings. The molecule has 0 aromatic heterocycles. The number of phenols is 1. The lowest BCUT2D eigenvalue weighted by molar-refractivity contribution is 0.170. The SMILES string of the molecule is CC(CN1C[C@H]2C[C@H](Oc3c(F)cccc3F)C[C@H]2C1)c1ccc(O)cc1. The monoisotopic (exact) mass is 373 g/mol. The molecule has 1 saturated carbocycles. The minimum atomic E-state index is -0.628. The minimum absolute atomic E-state index is 0.108. The van der Waals surface area contributed by atoms with Gasteiger partial charge in [0.15, 0.2) is 17.4 Å². The lowest BCUT2D eigenvalue weighted by atomic mass is 10.0. The maximum absolute atomic E-state index is 13.8. The van der Waals surface area contributed by atoms with E-state index in [2.05, 4.69) is 11.8 Å². The molecule has 5 heteroatoms. The molecule has 1 unspecified atom stereocenters. The van der Waals surface area contributed by atoms with Crippen LogP contribution < -0.4 is 4.74 Å². The predicted molar refractivity (Wildman–Crippen MR) is 99.9 cm³/mol. The molecule has 0 amide bonds. The van der Waals surface area contributed by atoms with Crippen molar-refractivity contribution >= 4 is 0 Å². The van der Waals surface area contributed by atoms with Crippen molar-refractivity contribution in [3.8, 4) is 11.5 Å². The first-order chi connectivity index (χ1) is 13.0. The average Bonchev–Trinajstić information content (AvgIpc) is 3.16. The molecule has 1 aliphatic heterocycles. The fourth-order valence-corrected chi connectivity index (χ4v) is 4.64. The highest BCUT2D eigenvalue weighted by atomic mass is 19.1. The highest BCUT2D eigenvalue weighted by Crippen LogP contribution is 2.41. The van der Waals surface area contributed by atoms with Crippen molar-refractivity contribution in [3.05, 3.63) is 59.7 Å². The number of hydrogen-bond acceptors (Lipinski definition) is 3. The summed E-state index contributed by atoms with van der Waals surface area (Å²) in [7, 11) is 0. The molecule has 4 rings (SSSR count). The number of fused-ring (bicyclic) bond motifs is 1. The lowest BCUT2D eigenvalue weighted by Crippen LogP contribution is -2.28. The van der Waals surface area contributed by atoms with Crippen LogP contribution >= 0.6 is 0 Å². The zero-order valence-corrected chi connectivity index (χ0v) is 15.4. The Morgan fingerprint density at radius 1 is 1.04 bits per heavy atom. The largest absolute Gasteiger partial charge is 0.508 e. The summed E-state index contributed by atoms with van der Waals surface area (Å²) in [5, 5.41) is 9.43. The molecular weight excluding hydrogens is 348 g/mol. The fraction of sp³-hybridized carbons (Fsp3) is 0.455. The lowest BCUT2D eigenvalue weighted by Gasteiger charge is -2.23. The molecule has 1 heterocycles. The van der Waals surface area contributed by atoms with Crippen molar-refractivity contribution in [2.24, 2.45) is 11.8 Å². The van der Waals surface area contributed by atoms with Crippen molar-refractivity contribution in [2.45, 2.75) is 31.8 Å². The Bertz CT molecular complexity index is 761. The number of ether oxygens (including phenoxy) is 1. The number of hydrogen-bond donors (Lipinski definition) is 1. The number of phenolic OH excluding ortho intramolecular Hbond substituents is 1. The van der Waals surface area contributed by atoms with E-state index in [0.29, 0.717) is 23.5 Å². The molecule has 27 heavy (non-hydrogen) atoms. The second kappa shape index (κ2) is 7.47. The number of nitrogens with zero attached hydrogens (tertiary/aromatic N) is 1. The van der Waals surface area contributed by atoms with Crippen LogP contribution in [0.4, 0.5) is 8.78 Å². The molecular formula is C22H25F2NO2. The van der Waals surface area contributed by atoms with Gasteiger partial charge in [0, 0.05) is 19.6 Å². The predicted octanol–water partition coefficient (Wildman–Crippen LogP) is 4.56. The van der Waals surface area contributed by atoms with Crippen molar-refractivity contribution in [1.29, 1.82) is 0 Å². The van der Waals surface area contributed by atoms with Gasteiger partial charge in [-0.1, -0.05) is 25.1 Å². The van der Waals surface area contributed by atoms with Gasteiger partial charge in [0.05, 0.1) is 6.10 Å². The van der Waals surface area contributed by atoms with Gasteiger partial charge >= 0.3 is 0 Å². The molecule has 2 aromatic carbocycles. The Hall–Kier alpha value is -2.14. The van der Waals surface area contributed by atoms with E-state index in [1.165, 1.54) is 23.8 Å². The highest BCUT2D eigenvalue weighted by Gasteiger charge is 2.42. The molecule has 3 nitrogen and oxygen atoms in total. The average molecular weight is 373 g/mol. The number of benzene rings is 2. The molecule has 0 bridgehead atoms. The zero-order valence-electron chi connectivity index (χ0n) is 15.4. The Morgan fingerprint density at radius 3 is 2.22 bits per heavy atom. The number of likely N-dealkylation sites (tertiary alicyclic amines) is 1. The van der Waals surface area contributed by atoms with Gasteiger partial charge < -0.3 is 14.7 Å². The van der Waals surface area contributed by atoms with E-state index in [4.69, 9.17) is 4.74 Å². The van der Waals surface area contributed by atoms with Gasteiger partial charge in [-0.05, 0) is 60.4 Å². The molecule has 2 aliphatic rings. The molecule has 144 valence electrons. The second-order valence-electron chi connectivity index (χ2n) is 7.99. The molecule has 0 spiro atoms. The van der Waals surface area contributed by atoms with E-state index >= 15 is 0 Å². The summed E-state index contributed by atoms with van der Waals surface area (Å²) < 4.78 is 33.3. The van der Waals surface area contributed by atoms with Crippen molar-refractivity contribution < 1.29 is 18.6 Å². The van der Waals surface area contributed by atoms with Gasteiger partial charge in [0.25, 0.3) is 0 Å². The number of para-hydroxylation sites is 1. The van der Waals surface area contributed by atoms with Gasteiger partial charge in [0.2, 0.25) is 0 Å². The van der Waals surface area contributed by atoms with Crippen LogP contribution in [0.15, 0.2) is 42.5 Å².